The Balaban J connectivity index is 0.00000280. The number of benzene rings is 1. The molecule has 0 spiro atoms. The SMILES string of the molecule is CN=C(NCCCCN1CCCC1)NCCCn1c(C)nc2ccccc21.I. The average molecular weight is 498 g/mol. The molecule has 0 radical (unpaired) electrons. The van der Waals surface area contributed by atoms with Crippen molar-refractivity contribution in [1.82, 2.24) is 25.1 Å². The quantitative estimate of drug-likeness (QED) is 0.241. The Bertz CT molecular complexity index is 736. The van der Waals surface area contributed by atoms with Crippen LogP contribution in [-0.4, -0.2) is 60.2 Å². The lowest BCUT2D eigenvalue weighted by atomic mass is 10.3. The second-order valence-corrected chi connectivity index (χ2v) is 7.33. The Morgan fingerprint density at radius 1 is 1.04 bits per heavy atom. The van der Waals surface area contributed by atoms with Crippen molar-refractivity contribution in [2.75, 3.05) is 39.8 Å². The van der Waals surface area contributed by atoms with Gasteiger partial charge in [0, 0.05) is 26.7 Å². The van der Waals surface area contributed by atoms with E-state index in [9.17, 15) is 0 Å². The van der Waals surface area contributed by atoms with Crippen LogP contribution in [0.4, 0.5) is 0 Å². The molecule has 156 valence electrons. The third-order valence-corrected chi connectivity index (χ3v) is 5.31. The van der Waals surface area contributed by atoms with Crippen molar-refractivity contribution >= 4 is 41.0 Å². The molecular formula is C21H35IN6. The topological polar surface area (TPSA) is 57.5 Å². The van der Waals surface area contributed by atoms with Crippen molar-refractivity contribution in [3.63, 3.8) is 0 Å². The average Bonchev–Trinajstić information content (AvgIpc) is 3.30. The number of rotatable bonds is 9. The summed E-state index contributed by atoms with van der Waals surface area (Å²) >= 11 is 0. The van der Waals surface area contributed by atoms with Crippen molar-refractivity contribution < 1.29 is 0 Å². The molecule has 0 atom stereocenters. The molecule has 0 amide bonds. The number of likely N-dealkylation sites (tertiary alicyclic amines) is 1. The van der Waals surface area contributed by atoms with Gasteiger partial charge in [0.25, 0.3) is 0 Å². The molecule has 1 aromatic heterocycles. The molecule has 1 aliphatic heterocycles. The van der Waals surface area contributed by atoms with E-state index in [2.05, 4.69) is 55.2 Å². The van der Waals surface area contributed by atoms with E-state index in [1.54, 1.807) is 0 Å². The molecule has 2 N–H and O–H groups in total. The number of hydrogen-bond acceptors (Lipinski definition) is 3. The van der Waals surface area contributed by atoms with Gasteiger partial charge in [-0.2, -0.15) is 0 Å². The molecule has 28 heavy (non-hydrogen) atoms. The van der Waals surface area contributed by atoms with Crippen LogP contribution in [0.1, 0.15) is 37.9 Å². The number of guanidine groups is 1. The third-order valence-electron chi connectivity index (χ3n) is 5.31. The predicted molar refractivity (Wildman–Crippen MR) is 129 cm³/mol. The number of aryl methyl sites for hydroxylation is 2. The van der Waals surface area contributed by atoms with E-state index in [0.29, 0.717) is 0 Å². The van der Waals surface area contributed by atoms with Gasteiger partial charge in [0.1, 0.15) is 5.82 Å². The summed E-state index contributed by atoms with van der Waals surface area (Å²) in [5.41, 5.74) is 2.30. The largest absolute Gasteiger partial charge is 0.356 e. The number of nitrogens with one attached hydrogen (secondary N) is 2. The highest BCUT2D eigenvalue weighted by Gasteiger charge is 2.10. The minimum absolute atomic E-state index is 0. The number of nitrogens with zero attached hydrogens (tertiary/aromatic N) is 4. The minimum Gasteiger partial charge on any atom is -0.356 e. The van der Waals surface area contributed by atoms with E-state index in [0.717, 1.165) is 43.4 Å². The number of unbranched alkanes of at least 4 members (excludes halogenated alkanes) is 1. The van der Waals surface area contributed by atoms with E-state index in [-0.39, 0.29) is 24.0 Å². The molecular weight excluding hydrogens is 463 g/mol. The summed E-state index contributed by atoms with van der Waals surface area (Å²) < 4.78 is 2.30. The maximum atomic E-state index is 4.63. The highest BCUT2D eigenvalue weighted by atomic mass is 127. The summed E-state index contributed by atoms with van der Waals surface area (Å²) in [6.45, 7) is 8.76. The number of fused-ring (bicyclic) bond motifs is 1. The van der Waals surface area contributed by atoms with Gasteiger partial charge in [-0.25, -0.2) is 4.98 Å². The van der Waals surface area contributed by atoms with E-state index < -0.39 is 0 Å². The fourth-order valence-electron chi connectivity index (χ4n) is 3.82. The molecule has 1 fully saturated rings. The van der Waals surface area contributed by atoms with Crippen LogP contribution in [0.25, 0.3) is 11.0 Å². The monoisotopic (exact) mass is 498 g/mol. The summed E-state index contributed by atoms with van der Waals surface area (Å²) in [6.07, 6.45) is 6.25. The zero-order chi connectivity index (χ0) is 18.9. The number of imidazole rings is 1. The highest BCUT2D eigenvalue weighted by Crippen LogP contribution is 2.15. The van der Waals surface area contributed by atoms with Crippen molar-refractivity contribution in [3.8, 4) is 0 Å². The molecule has 2 heterocycles. The third kappa shape index (κ3) is 6.62. The molecule has 0 unspecified atom stereocenters. The standard InChI is InChI=1S/C21H34N6.HI/c1-18-25-19-10-3-4-11-20(19)27(18)17-9-13-24-21(22-2)23-12-5-6-14-26-15-7-8-16-26;/h3-4,10-11H,5-9,12-17H2,1-2H3,(H2,22,23,24);1H. The Hall–Kier alpha value is -1.35. The number of para-hydroxylation sites is 2. The van der Waals surface area contributed by atoms with E-state index in [1.165, 1.54) is 50.8 Å². The molecule has 1 saturated heterocycles. The van der Waals surface area contributed by atoms with Crippen LogP contribution in [0.3, 0.4) is 0 Å². The van der Waals surface area contributed by atoms with E-state index in [1.807, 2.05) is 13.1 Å². The van der Waals surface area contributed by atoms with Crippen molar-refractivity contribution in [1.29, 1.82) is 0 Å². The van der Waals surface area contributed by atoms with Gasteiger partial charge in [0.15, 0.2) is 5.96 Å². The Kier molecular flexibility index (Phi) is 10.0. The molecule has 1 aliphatic rings. The second-order valence-electron chi connectivity index (χ2n) is 7.33. The van der Waals surface area contributed by atoms with Crippen molar-refractivity contribution in [2.45, 2.75) is 45.6 Å². The normalized spacial score (nSPS) is 15.0. The molecule has 0 bridgehead atoms. The lowest BCUT2D eigenvalue weighted by Crippen LogP contribution is -2.38. The predicted octanol–water partition coefficient (Wildman–Crippen LogP) is 3.39. The first kappa shape index (κ1) is 22.9. The van der Waals surface area contributed by atoms with Crippen molar-refractivity contribution in [2.24, 2.45) is 4.99 Å². The summed E-state index contributed by atoms with van der Waals surface area (Å²) in [4.78, 5) is 11.5. The van der Waals surface area contributed by atoms with Gasteiger partial charge in [-0.3, -0.25) is 4.99 Å². The molecule has 1 aromatic carbocycles. The number of hydrogen-bond donors (Lipinski definition) is 2. The van der Waals surface area contributed by atoms with E-state index in [4.69, 9.17) is 0 Å². The minimum atomic E-state index is 0. The zero-order valence-corrected chi connectivity index (χ0v) is 19.6. The van der Waals surface area contributed by atoms with Crippen LogP contribution in [0.2, 0.25) is 0 Å². The number of aromatic nitrogens is 2. The van der Waals surface area contributed by atoms with Crippen LogP contribution in [0.15, 0.2) is 29.3 Å². The van der Waals surface area contributed by atoms with E-state index >= 15 is 0 Å². The lowest BCUT2D eigenvalue weighted by molar-refractivity contribution is 0.330. The maximum Gasteiger partial charge on any atom is 0.190 e. The highest BCUT2D eigenvalue weighted by molar-refractivity contribution is 14.0. The maximum absolute atomic E-state index is 4.63. The summed E-state index contributed by atoms with van der Waals surface area (Å²) in [5, 5.41) is 6.86. The fraction of sp³-hybridized carbons (Fsp3) is 0.619. The lowest BCUT2D eigenvalue weighted by Gasteiger charge is -2.15. The molecule has 3 rings (SSSR count). The Morgan fingerprint density at radius 3 is 2.50 bits per heavy atom. The number of halogens is 1. The van der Waals surface area contributed by atoms with Crippen LogP contribution >= 0.6 is 24.0 Å². The first-order valence-electron chi connectivity index (χ1n) is 10.4. The molecule has 7 heteroatoms. The first-order valence-corrected chi connectivity index (χ1v) is 10.4. The summed E-state index contributed by atoms with van der Waals surface area (Å²) in [7, 11) is 1.84. The van der Waals surface area contributed by atoms with Gasteiger partial charge in [-0.05, 0) is 70.8 Å². The van der Waals surface area contributed by atoms with Crippen LogP contribution in [-0.2, 0) is 6.54 Å². The second kappa shape index (κ2) is 12.3. The number of aliphatic imine (C=N–C) groups is 1. The fourth-order valence-corrected chi connectivity index (χ4v) is 3.82. The Labute approximate surface area is 186 Å². The summed E-state index contributed by atoms with van der Waals surface area (Å²) in [6, 6.07) is 8.34. The Morgan fingerprint density at radius 2 is 1.75 bits per heavy atom. The molecule has 2 aromatic rings. The van der Waals surface area contributed by atoms with Crippen LogP contribution in [0, 0.1) is 6.92 Å². The van der Waals surface area contributed by atoms with Gasteiger partial charge < -0.3 is 20.1 Å². The first-order chi connectivity index (χ1) is 13.3. The van der Waals surface area contributed by atoms with Crippen LogP contribution < -0.4 is 10.6 Å². The van der Waals surface area contributed by atoms with Gasteiger partial charge >= 0.3 is 0 Å². The summed E-state index contributed by atoms with van der Waals surface area (Å²) in [5.74, 6) is 1.99. The molecule has 6 nitrogen and oxygen atoms in total. The van der Waals surface area contributed by atoms with Crippen molar-refractivity contribution in [3.05, 3.63) is 30.1 Å². The zero-order valence-electron chi connectivity index (χ0n) is 17.3. The van der Waals surface area contributed by atoms with Gasteiger partial charge in [-0.1, -0.05) is 12.1 Å². The van der Waals surface area contributed by atoms with Crippen LogP contribution in [0.5, 0.6) is 0 Å². The van der Waals surface area contributed by atoms with Gasteiger partial charge in [0.05, 0.1) is 11.0 Å². The molecule has 0 aliphatic carbocycles. The van der Waals surface area contributed by atoms with Gasteiger partial charge in [0.2, 0.25) is 0 Å². The van der Waals surface area contributed by atoms with Gasteiger partial charge in [-0.15, -0.1) is 24.0 Å². The smallest absolute Gasteiger partial charge is 0.190 e. The molecule has 0 saturated carbocycles.